The van der Waals surface area contributed by atoms with Gasteiger partial charge in [-0.3, -0.25) is 9.69 Å². The Morgan fingerprint density at radius 1 is 1.03 bits per heavy atom. The van der Waals surface area contributed by atoms with E-state index in [1.54, 1.807) is 7.11 Å². The van der Waals surface area contributed by atoms with Crippen LogP contribution in [0.3, 0.4) is 0 Å². The molecule has 1 aromatic heterocycles. The van der Waals surface area contributed by atoms with Crippen molar-refractivity contribution in [2.45, 2.75) is 25.0 Å². The first-order valence-corrected chi connectivity index (χ1v) is 11.3. The molecule has 168 valence electrons. The first-order valence-electron chi connectivity index (χ1n) is 11.3. The number of fused-ring (bicyclic) bond motifs is 1. The van der Waals surface area contributed by atoms with Gasteiger partial charge in [0.2, 0.25) is 5.91 Å². The van der Waals surface area contributed by atoms with E-state index in [2.05, 4.69) is 63.9 Å². The molecule has 2 unspecified atom stereocenters. The second-order valence-electron chi connectivity index (χ2n) is 8.76. The highest BCUT2D eigenvalue weighted by Gasteiger charge is 2.35. The van der Waals surface area contributed by atoms with Gasteiger partial charge in [-0.15, -0.1) is 0 Å². The van der Waals surface area contributed by atoms with Crippen LogP contribution in [0.5, 0.6) is 5.75 Å². The van der Waals surface area contributed by atoms with E-state index in [0.29, 0.717) is 0 Å². The van der Waals surface area contributed by atoms with Crippen LogP contribution in [0.25, 0.3) is 10.9 Å². The summed E-state index contributed by atoms with van der Waals surface area (Å²) in [6.45, 7) is 4.24. The molecule has 2 fully saturated rings. The first kappa shape index (κ1) is 21.0. The molecule has 2 aliphatic rings. The molecular formula is C25H31N5O2. The molecule has 7 heteroatoms. The Hall–Kier alpha value is -2.87. The van der Waals surface area contributed by atoms with E-state index in [4.69, 9.17) is 4.74 Å². The molecule has 32 heavy (non-hydrogen) atoms. The molecular weight excluding hydrogens is 402 g/mol. The summed E-state index contributed by atoms with van der Waals surface area (Å²) < 4.78 is 7.68. The highest BCUT2D eigenvalue weighted by Crippen LogP contribution is 2.30. The van der Waals surface area contributed by atoms with Crippen LogP contribution in [0.1, 0.15) is 23.6 Å². The summed E-state index contributed by atoms with van der Waals surface area (Å²) in [4.78, 5) is 17.6. The van der Waals surface area contributed by atoms with Crippen molar-refractivity contribution in [2.75, 3.05) is 33.3 Å². The summed E-state index contributed by atoms with van der Waals surface area (Å²) in [6, 6.07) is 16.4. The molecule has 5 rings (SSSR count). The van der Waals surface area contributed by atoms with Crippen molar-refractivity contribution in [3.8, 4) is 5.75 Å². The van der Waals surface area contributed by atoms with Crippen LogP contribution in [0.15, 0.2) is 54.7 Å². The molecule has 0 saturated carbocycles. The van der Waals surface area contributed by atoms with E-state index in [1.165, 1.54) is 16.5 Å². The second-order valence-corrected chi connectivity index (χ2v) is 8.76. The maximum atomic E-state index is 13.1. The maximum absolute atomic E-state index is 13.1. The van der Waals surface area contributed by atoms with Gasteiger partial charge in [0, 0.05) is 62.4 Å². The van der Waals surface area contributed by atoms with Gasteiger partial charge in [0.1, 0.15) is 11.8 Å². The third-order valence-corrected chi connectivity index (χ3v) is 6.77. The lowest BCUT2D eigenvalue weighted by atomic mass is 10.0. The minimum Gasteiger partial charge on any atom is -0.496 e. The SMILES string of the molecule is COc1ccccc1C1CC(C(=O)N2CCN(Cc3cn(C)c4ccccc34)CC2)NN1. The minimum absolute atomic E-state index is 0.0627. The highest BCUT2D eigenvalue weighted by atomic mass is 16.5. The number of rotatable bonds is 5. The quantitative estimate of drug-likeness (QED) is 0.647. The lowest BCUT2D eigenvalue weighted by molar-refractivity contribution is -0.135. The molecule has 7 nitrogen and oxygen atoms in total. The van der Waals surface area contributed by atoms with Crippen molar-refractivity contribution in [3.05, 3.63) is 65.9 Å². The van der Waals surface area contributed by atoms with Crippen LogP contribution in [0, 0.1) is 0 Å². The molecule has 2 atom stereocenters. The Morgan fingerprint density at radius 3 is 2.59 bits per heavy atom. The second kappa shape index (κ2) is 8.94. The number of carbonyl (C=O) groups excluding carboxylic acids is 1. The number of piperazine rings is 1. The smallest absolute Gasteiger partial charge is 0.241 e. The van der Waals surface area contributed by atoms with E-state index >= 15 is 0 Å². The van der Waals surface area contributed by atoms with E-state index in [0.717, 1.165) is 50.5 Å². The third kappa shape index (κ3) is 3.99. The molecule has 2 aliphatic heterocycles. The number of nitrogens with zero attached hydrogens (tertiary/aromatic N) is 3. The number of ether oxygens (including phenoxy) is 1. The zero-order chi connectivity index (χ0) is 22.1. The first-order chi connectivity index (χ1) is 15.6. The van der Waals surface area contributed by atoms with Crippen LogP contribution in [-0.2, 0) is 18.4 Å². The van der Waals surface area contributed by atoms with Gasteiger partial charge in [-0.2, -0.15) is 0 Å². The number of methoxy groups -OCH3 is 1. The summed E-state index contributed by atoms with van der Waals surface area (Å²) in [5.41, 5.74) is 10.2. The van der Waals surface area contributed by atoms with Gasteiger partial charge in [-0.1, -0.05) is 36.4 Å². The molecule has 0 aliphatic carbocycles. The summed E-state index contributed by atoms with van der Waals surface area (Å²) in [5.74, 6) is 1.03. The third-order valence-electron chi connectivity index (χ3n) is 6.77. The summed E-state index contributed by atoms with van der Waals surface area (Å²) >= 11 is 0. The number of carbonyl (C=O) groups is 1. The molecule has 3 aromatic rings. The number of aryl methyl sites for hydroxylation is 1. The number of amides is 1. The minimum atomic E-state index is -0.213. The molecule has 2 saturated heterocycles. The Balaban J connectivity index is 1.17. The molecule has 1 amide bonds. The number of aromatic nitrogens is 1. The Kier molecular flexibility index (Phi) is 5.87. The summed E-state index contributed by atoms with van der Waals surface area (Å²) in [6.07, 6.45) is 2.95. The lowest BCUT2D eigenvalue weighted by Gasteiger charge is -2.35. The van der Waals surface area contributed by atoms with Crippen molar-refractivity contribution < 1.29 is 9.53 Å². The van der Waals surface area contributed by atoms with Crippen LogP contribution < -0.4 is 15.6 Å². The summed E-state index contributed by atoms with van der Waals surface area (Å²) in [5, 5.41) is 1.32. The fourth-order valence-electron chi connectivity index (χ4n) is 5.02. The van der Waals surface area contributed by atoms with Crippen molar-refractivity contribution in [2.24, 2.45) is 7.05 Å². The Bertz CT molecular complexity index is 1100. The molecule has 2 aromatic carbocycles. The van der Waals surface area contributed by atoms with Crippen LogP contribution in [-0.4, -0.2) is 59.6 Å². The van der Waals surface area contributed by atoms with Crippen molar-refractivity contribution in [1.29, 1.82) is 0 Å². The number of hydrogen-bond acceptors (Lipinski definition) is 5. The fraction of sp³-hybridized carbons (Fsp3) is 0.400. The largest absolute Gasteiger partial charge is 0.496 e. The van der Waals surface area contributed by atoms with E-state index in [9.17, 15) is 4.79 Å². The number of para-hydroxylation sites is 2. The van der Waals surface area contributed by atoms with E-state index in [-0.39, 0.29) is 18.0 Å². The normalized spacial score (nSPS) is 21.9. The van der Waals surface area contributed by atoms with Gasteiger partial charge in [0.15, 0.2) is 0 Å². The monoisotopic (exact) mass is 433 g/mol. The molecule has 2 N–H and O–H groups in total. The summed E-state index contributed by atoms with van der Waals surface area (Å²) in [7, 11) is 3.78. The van der Waals surface area contributed by atoms with Crippen LogP contribution in [0.2, 0.25) is 0 Å². The number of hydrazine groups is 1. The maximum Gasteiger partial charge on any atom is 0.241 e. The highest BCUT2D eigenvalue weighted by molar-refractivity contribution is 5.84. The molecule has 0 spiro atoms. The van der Waals surface area contributed by atoms with Crippen LogP contribution in [0.4, 0.5) is 0 Å². The predicted octanol–water partition coefficient (Wildman–Crippen LogP) is 2.44. The molecule has 3 heterocycles. The lowest BCUT2D eigenvalue weighted by Crippen LogP contribution is -2.53. The number of nitrogens with one attached hydrogen (secondary N) is 2. The molecule has 0 radical (unpaired) electrons. The standard InChI is InChI=1S/C25H31N5O2/c1-28-16-18(19-7-3-5-9-23(19)28)17-29-11-13-30(14-12-29)25(31)22-15-21(26-27-22)20-8-4-6-10-24(20)32-2/h3-10,16,21-22,26-27H,11-15,17H2,1-2H3. The van der Waals surface area contributed by atoms with Gasteiger partial charge in [-0.05, 0) is 24.1 Å². The number of hydrogen-bond donors (Lipinski definition) is 2. The predicted molar refractivity (Wildman–Crippen MR) is 125 cm³/mol. The van der Waals surface area contributed by atoms with Crippen LogP contribution >= 0.6 is 0 Å². The van der Waals surface area contributed by atoms with Gasteiger partial charge in [-0.25, -0.2) is 10.9 Å². The van der Waals surface area contributed by atoms with Crippen molar-refractivity contribution in [3.63, 3.8) is 0 Å². The zero-order valence-electron chi connectivity index (χ0n) is 18.8. The average molecular weight is 434 g/mol. The Morgan fingerprint density at radius 2 is 1.78 bits per heavy atom. The van der Waals surface area contributed by atoms with Gasteiger partial charge in [0.05, 0.1) is 13.2 Å². The van der Waals surface area contributed by atoms with E-state index in [1.807, 2.05) is 23.1 Å². The zero-order valence-corrected chi connectivity index (χ0v) is 18.8. The fourth-order valence-corrected chi connectivity index (χ4v) is 5.02. The average Bonchev–Trinajstić information content (AvgIpc) is 3.45. The van der Waals surface area contributed by atoms with E-state index < -0.39 is 0 Å². The van der Waals surface area contributed by atoms with Crippen molar-refractivity contribution >= 4 is 16.8 Å². The Labute approximate surface area is 188 Å². The van der Waals surface area contributed by atoms with Crippen molar-refractivity contribution in [1.82, 2.24) is 25.2 Å². The molecule has 0 bridgehead atoms. The van der Waals surface area contributed by atoms with Gasteiger partial charge >= 0.3 is 0 Å². The number of benzene rings is 2. The topological polar surface area (TPSA) is 61.8 Å². The van der Waals surface area contributed by atoms with Gasteiger partial charge in [0.25, 0.3) is 0 Å². The van der Waals surface area contributed by atoms with Gasteiger partial charge < -0.3 is 14.2 Å².